The van der Waals surface area contributed by atoms with Gasteiger partial charge in [-0.2, -0.15) is 0 Å². The fourth-order valence-corrected chi connectivity index (χ4v) is 2.37. The number of methoxy groups -OCH3 is 1. The average Bonchev–Trinajstić information content (AvgIpc) is 2.65. The standard InChI is InChI=1S/C19H17FN4O3/c1-11-3-5-15(16(9-11)26-2)27-14-6-4-12(20)10-13(14)24-19(25)17-18(21)23-8-7-22-17/h3-10H,1-2H3,(H2,21,23)(H,24,25). The molecule has 0 aliphatic carbocycles. The van der Waals surface area contributed by atoms with Crippen LogP contribution in [0.2, 0.25) is 0 Å². The van der Waals surface area contributed by atoms with Gasteiger partial charge in [-0.3, -0.25) is 4.79 Å². The largest absolute Gasteiger partial charge is 0.493 e. The molecule has 2 aromatic carbocycles. The van der Waals surface area contributed by atoms with Crippen LogP contribution in [0.3, 0.4) is 0 Å². The monoisotopic (exact) mass is 368 g/mol. The van der Waals surface area contributed by atoms with Gasteiger partial charge < -0.3 is 20.5 Å². The lowest BCUT2D eigenvalue weighted by Crippen LogP contribution is -2.17. The van der Waals surface area contributed by atoms with Crippen LogP contribution in [0.1, 0.15) is 16.1 Å². The zero-order valence-electron chi connectivity index (χ0n) is 14.7. The summed E-state index contributed by atoms with van der Waals surface area (Å²) in [7, 11) is 1.52. The molecular weight excluding hydrogens is 351 g/mol. The summed E-state index contributed by atoms with van der Waals surface area (Å²) in [4.78, 5) is 20.1. The number of amides is 1. The van der Waals surface area contributed by atoms with Crippen molar-refractivity contribution in [1.29, 1.82) is 0 Å². The second-order valence-electron chi connectivity index (χ2n) is 5.64. The number of anilines is 2. The van der Waals surface area contributed by atoms with Crippen LogP contribution < -0.4 is 20.5 Å². The van der Waals surface area contributed by atoms with Gasteiger partial charge in [0.2, 0.25) is 0 Å². The Hall–Kier alpha value is -3.68. The third kappa shape index (κ3) is 4.12. The highest BCUT2D eigenvalue weighted by Crippen LogP contribution is 2.36. The number of benzene rings is 2. The van der Waals surface area contributed by atoms with E-state index >= 15 is 0 Å². The molecule has 0 atom stereocenters. The summed E-state index contributed by atoms with van der Waals surface area (Å²) in [5.41, 5.74) is 6.70. The van der Waals surface area contributed by atoms with E-state index in [0.29, 0.717) is 11.5 Å². The zero-order valence-corrected chi connectivity index (χ0v) is 14.7. The molecule has 3 rings (SSSR count). The number of halogens is 1. The number of carbonyl (C=O) groups excluding carboxylic acids is 1. The number of nitrogens with zero attached hydrogens (tertiary/aromatic N) is 2. The summed E-state index contributed by atoms with van der Waals surface area (Å²) < 4.78 is 24.9. The number of aryl methyl sites for hydroxylation is 1. The third-order valence-electron chi connectivity index (χ3n) is 3.67. The lowest BCUT2D eigenvalue weighted by molar-refractivity contribution is 0.102. The number of nitrogens with one attached hydrogen (secondary N) is 1. The quantitative estimate of drug-likeness (QED) is 0.714. The van der Waals surface area contributed by atoms with Gasteiger partial charge in [0.05, 0.1) is 12.8 Å². The van der Waals surface area contributed by atoms with Gasteiger partial charge in [-0.1, -0.05) is 6.07 Å². The number of rotatable bonds is 5. The predicted molar refractivity (Wildman–Crippen MR) is 98.6 cm³/mol. The van der Waals surface area contributed by atoms with E-state index < -0.39 is 11.7 Å². The predicted octanol–water partition coefficient (Wildman–Crippen LogP) is 3.56. The van der Waals surface area contributed by atoms with Crippen LogP contribution in [0.25, 0.3) is 0 Å². The van der Waals surface area contributed by atoms with Crippen LogP contribution in [0.15, 0.2) is 48.8 Å². The van der Waals surface area contributed by atoms with Crippen LogP contribution in [-0.2, 0) is 0 Å². The lowest BCUT2D eigenvalue weighted by Gasteiger charge is -2.15. The second-order valence-corrected chi connectivity index (χ2v) is 5.64. The summed E-state index contributed by atoms with van der Waals surface area (Å²) >= 11 is 0. The van der Waals surface area contributed by atoms with Crippen molar-refractivity contribution in [2.24, 2.45) is 0 Å². The van der Waals surface area contributed by atoms with E-state index in [0.717, 1.165) is 11.6 Å². The molecule has 1 aromatic heterocycles. The number of aromatic nitrogens is 2. The van der Waals surface area contributed by atoms with Gasteiger partial charge in [0.1, 0.15) is 5.82 Å². The maximum absolute atomic E-state index is 13.7. The average molecular weight is 368 g/mol. The van der Waals surface area contributed by atoms with E-state index in [1.165, 1.54) is 31.6 Å². The normalized spacial score (nSPS) is 10.3. The van der Waals surface area contributed by atoms with Crippen LogP contribution in [-0.4, -0.2) is 23.0 Å². The molecule has 0 spiro atoms. The minimum atomic E-state index is -0.632. The molecule has 0 bridgehead atoms. The minimum absolute atomic E-state index is 0.0333. The van der Waals surface area contributed by atoms with Crippen molar-refractivity contribution in [2.45, 2.75) is 6.92 Å². The number of nitrogen functional groups attached to an aromatic ring is 1. The van der Waals surface area contributed by atoms with Crippen molar-refractivity contribution in [2.75, 3.05) is 18.2 Å². The van der Waals surface area contributed by atoms with Crippen molar-refractivity contribution in [3.05, 3.63) is 65.9 Å². The smallest absolute Gasteiger partial charge is 0.278 e. The molecule has 138 valence electrons. The molecule has 1 heterocycles. The summed E-state index contributed by atoms with van der Waals surface area (Å²) in [6.07, 6.45) is 2.71. The summed E-state index contributed by atoms with van der Waals surface area (Å²) in [6.45, 7) is 1.92. The van der Waals surface area contributed by atoms with Crippen molar-refractivity contribution in [3.8, 4) is 17.2 Å². The zero-order chi connectivity index (χ0) is 19.4. The summed E-state index contributed by atoms with van der Waals surface area (Å²) in [5.74, 6) is -0.0463. The molecule has 0 aliphatic heterocycles. The van der Waals surface area contributed by atoms with Gasteiger partial charge in [-0.05, 0) is 36.8 Å². The molecule has 8 heteroatoms. The van der Waals surface area contributed by atoms with Crippen molar-refractivity contribution < 1.29 is 18.7 Å². The topological polar surface area (TPSA) is 99.4 Å². The van der Waals surface area contributed by atoms with E-state index in [-0.39, 0.29) is 22.9 Å². The Bertz CT molecular complexity index is 994. The molecular formula is C19H17FN4O3. The van der Waals surface area contributed by atoms with E-state index in [2.05, 4.69) is 15.3 Å². The Balaban J connectivity index is 1.92. The fourth-order valence-electron chi connectivity index (χ4n) is 2.37. The highest BCUT2D eigenvalue weighted by molar-refractivity contribution is 6.06. The molecule has 7 nitrogen and oxygen atoms in total. The molecule has 0 saturated heterocycles. The molecule has 3 N–H and O–H groups in total. The van der Waals surface area contributed by atoms with Crippen molar-refractivity contribution in [1.82, 2.24) is 9.97 Å². The first kappa shape index (κ1) is 18.1. The molecule has 0 radical (unpaired) electrons. The van der Waals surface area contributed by atoms with E-state index in [1.54, 1.807) is 12.1 Å². The Kier molecular flexibility index (Phi) is 5.16. The maximum atomic E-state index is 13.7. The molecule has 3 aromatic rings. The second kappa shape index (κ2) is 7.69. The Morgan fingerprint density at radius 3 is 2.56 bits per heavy atom. The maximum Gasteiger partial charge on any atom is 0.278 e. The minimum Gasteiger partial charge on any atom is -0.493 e. The molecule has 0 unspecified atom stereocenters. The molecule has 0 saturated carbocycles. The highest BCUT2D eigenvalue weighted by atomic mass is 19.1. The van der Waals surface area contributed by atoms with Crippen LogP contribution in [0.4, 0.5) is 15.9 Å². The summed E-state index contributed by atoms with van der Waals surface area (Å²) in [5, 5.41) is 2.55. The number of hydrogen-bond acceptors (Lipinski definition) is 6. The van der Waals surface area contributed by atoms with Crippen LogP contribution in [0.5, 0.6) is 17.2 Å². The van der Waals surface area contributed by atoms with Gasteiger partial charge in [-0.25, -0.2) is 14.4 Å². The van der Waals surface area contributed by atoms with E-state index in [4.69, 9.17) is 15.2 Å². The van der Waals surface area contributed by atoms with Gasteiger partial charge in [0.25, 0.3) is 5.91 Å². The van der Waals surface area contributed by atoms with Gasteiger partial charge >= 0.3 is 0 Å². The van der Waals surface area contributed by atoms with Gasteiger partial charge in [0, 0.05) is 18.5 Å². The van der Waals surface area contributed by atoms with Gasteiger partial charge in [0.15, 0.2) is 28.8 Å². The van der Waals surface area contributed by atoms with E-state index in [1.807, 2.05) is 13.0 Å². The first-order chi connectivity index (χ1) is 13.0. The first-order valence-electron chi connectivity index (χ1n) is 7.98. The fraction of sp³-hybridized carbons (Fsp3) is 0.105. The van der Waals surface area contributed by atoms with Gasteiger partial charge in [-0.15, -0.1) is 0 Å². The van der Waals surface area contributed by atoms with Crippen LogP contribution in [0, 0.1) is 12.7 Å². The Morgan fingerprint density at radius 1 is 1.07 bits per heavy atom. The lowest BCUT2D eigenvalue weighted by atomic mass is 10.2. The molecule has 1 amide bonds. The molecule has 0 fully saturated rings. The Morgan fingerprint density at radius 2 is 1.81 bits per heavy atom. The van der Waals surface area contributed by atoms with E-state index in [9.17, 15) is 9.18 Å². The SMILES string of the molecule is COc1cc(C)ccc1Oc1ccc(F)cc1NC(=O)c1nccnc1N. The number of carbonyl (C=O) groups is 1. The Labute approximate surface area is 155 Å². The first-order valence-corrected chi connectivity index (χ1v) is 7.98. The number of ether oxygens (including phenoxy) is 2. The highest BCUT2D eigenvalue weighted by Gasteiger charge is 2.16. The molecule has 27 heavy (non-hydrogen) atoms. The summed E-state index contributed by atoms with van der Waals surface area (Å²) in [6, 6.07) is 9.15. The van der Waals surface area contributed by atoms with Crippen LogP contribution >= 0.6 is 0 Å². The van der Waals surface area contributed by atoms with Crippen molar-refractivity contribution >= 4 is 17.4 Å². The number of nitrogens with two attached hydrogens (primary N) is 1. The third-order valence-corrected chi connectivity index (χ3v) is 3.67. The number of hydrogen-bond donors (Lipinski definition) is 2. The molecule has 0 aliphatic rings. The van der Waals surface area contributed by atoms with Crippen molar-refractivity contribution in [3.63, 3.8) is 0 Å².